The van der Waals surface area contributed by atoms with Crippen molar-refractivity contribution in [2.24, 2.45) is 0 Å². The standard InChI is InChI=1S/C19H19N5O2/c25-16-7-4-11-10-13(5-6-14(11)22-16)21-19-23-15-8-9-26-17(15)18(24-19)20-12-2-1-3-12/h5-6,8-10,12H,1-4,7H2,(H,22,25)(H2,20,21,23,24). The van der Waals surface area contributed by atoms with Gasteiger partial charge in [0.2, 0.25) is 11.9 Å². The Kier molecular flexibility index (Phi) is 3.51. The molecular weight excluding hydrogens is 330 g/mol. The fourth-order valence-electron chi connectivity index (χ4n) is 3.35. The highest BCUT2D eigenvalue weighted by Gasteiger charge is 2.21. The first kappa shape index (κ1) is 15.2. The maximum Gasteiger partial charge on any atom is 0.229 e. The monoisotopic (exact) mass is 349 g/mol. The van der Waals surface area contributed by atoms with E-state index in [9.17, 15) is 4.79 Å². The summed E-state index contributed by atoms with van der Waals surface area (Å²) < 4.78 is 5.55. The molecule has 0 bridgehead atoms. The number of aryl methyl sites for hydroxylation is 1. The van der Waals surface area contributed by atoms with Gasteiger partial charge in [-0.1, -0.05) is 0 Å². The normalized spacial score (nSPS) is 16.7. The lowest BCUT2D eigenvalue weighted by Gasteiger charge is -2.26. The molecule has 0 atom stereocenters. The molecule has 2 aliphatic rings. The summed E-state index contributed by atoms with van der Waals surface area (Å²) in [4.78, 5) is 20.7. The lowest BCUT2D eigenvalue weighted by molar-refractivity contribution is -0.116. The van der Waals surface area contributed by atoms with Crippen LogP contribution in [-0.4, -0.2) is 21.9 Å². The first-order valence-electron chi connectivity index (χ1n) is 8.96. The molecule has 3 N–H and O–H groups in total. The smallest absolute Gasteiger partial charge is 0.229 e. The molecule has 0 saturated heterocycles. The third-order valence-electron chi connectivity index (χ3n) is 5.01. The second-order valence-corrected chi connectivity index (χ2v) is 6.85. The zero-order valence-corrected chi connectivity index (χ0v) is 14.2. The van der Waals surface area contributed by atoms with E-state index >= 15 is 0 Å². The van der Waals surface area contributed by atoms with Gasteiger partial charge in [-0.15, -0.1) is 0 Å². The molecule has 2 aromatic heterocycles. The Hall–Kier alpha value is -3.09. The van der Waals surface area contributed by atoms with Crippen LogP contribution in [0, 0.1) is 0 Å². The zero-order chi connectivity index (χ0) is 17.5. The Morgan fingerprint density at radius 1 is 1.15 bits per heavy atom. The Morgan fingerprint density at radius 2 is 2.08 bits per heavy atom. The first-order valence-corrected chi connectivity index (χ1v) is 8.96. The molecule has 1 amide bonds. The van der Waals surface area contributed by atoms with Crippen LogP contribution in [0.25, 0.3) is 11.1 Å². The number of benzene rings is 1. The minimum atomic E-state index is 0.0682. The fourth-order valence-corrected chi connectivity index (χ4v) is 3.35. The van der Waals surface area contributed by atoms with E-state index in [0.717, 1.165) is 47.5 Å². The van der Waals surface area contributed by atoms with Gasteiger partial charge in [-0.05, 0) is 49.4 Å². The number of hydrogen-bond donors (Lipinski definition) is 3. The van der Waals surface area contributed by atoms with Gasteiger partial charge in [-0.3, -0.25) is 4.79 Å². The number of furan rings is 1. The Morgan fingerprint density at radius 3 is 2.92 bits per heavy atom. The summed E-state index contributed by atoms with van der Waals surface area (Å²) in [6, 6.07) is 8.18. The molecule has 132 valence electrons. The van der Waals surface area contributed by atoms with E-state index in [1.54, 1.807) is 6.26 Å². The number of amides is 1. The van der Waals surface area contributed by atoms with Gasteiger partial charge in [-0.2, -0.15) is 4.98 Å². The number of carbonyl (C=O) groups excluding carboxylic acids is 1. The number of anilines is 4. The molecule has 1 saturated carbocycles. The number of nitrogens with one attached hydrogen (secondary N) is 3. The summed E-state index contributed by atoms with van der Waals surface area (Å²) in [5.41, 5.74) is 4.36. The quantitative estimate of drug-likeness (QED) is 0.663. The molecule has 1 aliphatic carbocycles. The highest BCUT2D eigenvalue weighted by atomic mass is 16.3. The topological polar surface area (TPSA) is 92.1 Å². The molecule has 3 aromatic rings. The van der Waals surface area contributed by atoms with Crippen LogP contribution in [0.4, 0.5) is 23.1 Å². The summed E-state index contributed by atoms with van der Waals surface area (Å²) in [6.07, 6.45) is 6.46. The maximum atomic E-state index is 11.5. The van der Waals surface area contributed by atoms with Crippen LogP contribution >= 0.6 is 0 Å². The molecule has 1 fully saturated rings. The summed E-state index contributed by atoms with van der Waals surface area (Å²) in [5.74, 6) is 1.33. The van der Waals surface area contributed by atoms with Crippen molar-refractivity contribution >= 4 is 40.1 Å². The molecule has 26 heavy (non-hydrogen) atoms. The highest BCUT2D eigenvalue weighted by molar-refractivity contribution is 5.94. The average Bonchev–Trinajstić information content (AvgIpc) is 3.07. The molecule has 7 nitrogen and oxygen atoms in total. The third-order valence-corrected chi connectivity index (χ3v) is 5.01. The molecule has 0 spiro atoms. The van der Waals surface area contributed by atoms with Gasteiger partial charge in [0.1, 0.15) is 5.52 Å². The molecule has 1 aliphatic heterocycles. The average molecular weight is 349 g/mol. The van der Waals surface area contributed by atoms with Crippen LogP contribution in [0.5, 0.6) is 0 Å². The number of aromatic nitrogens is 2. The molecular formula is C19H19N5O2. The van der Waals surface area contributed by atoms with E-state index < -0.39 is 0 Å². The zero-order valence-electron chi connectivity index (χ0n) is 14.2. The maximum absolute atomic E-state index is 11.5. The first-order chi connectivity index (χ1) is 12.7. The number of carbonyl (C=O) groups is 1. The highest BCUT2D eigenvalue weighted by Crippen LogP contribution is 2.30. The van der Waals surface area contributed by atoms with Crippen molar-refractivity contribution < 1.29 is 9.21 Å². The van der Waals surface area contributed by atoms with E-state index in [-0.39, 0.29) is 5.91 Å². The molecule has 1 aromatic carbocycles. The number of rotatable bonds is 4. The van der Waals surface area contributed by atoms with Crippen molar-refractivity contribution in [2.45, 2.75) is 38.1 Å². The second kappa shape index (κ2) is 6.01. The number of nitrogens with zero attached hydrogens (tertiary/aromatic N) is 2. The summed E-state index contributed by atoms with van der Waals surface area (Å²) in [5, 5.41) is 9.63. The SMILES string of the molecule is O=C1CCc2cc(Nc3nc(NC4CCC4)c4occc4n3)ccc2N1. The predicted molar refractivity (Wildman–Crippen MR) is 99.7 cm³/mol. The Labute approximate surface area is 150 Å². The summed E-state index contributed by atoms with van der Waals surface area (Å²) in [7, 11) is 0. The lowest BCUT2D eigenvalue weighted by Crippen LogP contribution is -2.27. The second-order valence-electron chi connectivity index (χ2n) is 6.85. The Bertz CT molecular complexity index is 993. The van der Waals surface area contributed by atoms with Gasteiger partial charge in [0.05, 0.1) is 6.26 Å². The molecule has 3 heterocycles. The van der Waals surface area contributed by atoms with Gasteiger partial charge in [-0.25, -0.2) is 4.98 Å². The van der Waals surface area contributed by atoms with Crippen molar-refractivity contribution in [3.8, 4) is 0 Å². The van der Waals surface area contributed by atoms with Crippen LogP contribution in [0.1, 0.15) is 31.2 Å². The van der Waals surface area contributed by atoms with E-state index in [0.29, 0.717) is 24.0 Å². The summed E-state index contributed by atoms with van der Waals surface area (Å²) >= 11 is 0. The van der Waals surface area contributed by atoms with Crippen LogP contribution in [0.15, 0.2) is 34.9 Å². The minimum absolute atomic E-state index is 0.0682. The van der Waals surface area contributed by atoms with Gasteiger partial charge in [0, 0.05) is 29.9 Å². The number of fused-ring (bicyclic) bond motifs is 2. The van der Waals surface area contributed by atoms with Crippen LogP contribution in [0.2, 0.25) is 0 Å². The molecule has 0 radical (unpaired) electrons. The van der Waals surface area contributed by atoms with Crippen molar-refractivity contribution in [1.82, 2.24) is 9.97 Å². The van der Waals surface area contributed by atoms with E-state index in [1.807, 2.05) is 24.3 Å². The van der Waals surface area contributed by atoms with Gasteiger partial charge >= 0.3 is 0 Å². The minimum Gasteiger partial charge on any atom is -0.459 e. The van der Waals surface area contributed by atoms with Crippen molar-refractivity contribution in [2.75, 3.05) is 16.0 Å². The molecule has 7 heteroatoms. The van der Waals surface area contributed by atoms with Crippen LogP contribution in [-0.2, 0) is 11.2 Å². The number of hydrogen-bond acceptors (Lipinski definition) is 6. The largest absolute Gasteiger partial charge is 0.459 e. The van der Waals surface area contributed by atoms with Gasteiger partial charge < -0.3 is 20.4 Å². The van der Waals surface area contributed by atoms with Gasteiger partial charge in [0.25, 0.3) is 0 Å². The molecule has 0 unspecified atom stereocenters. The van der Waals surface area contributed by atoms with Crippen molar-refractivity contribution in [1.29, 1.82) is 0 Å². The van der Waals surface area contributed by atoms with E-state index in [4.69, 9.17) is 4.42 Å². The summed E-state index contributed by atoms with van der Waals surface area (Å²) in [6.45, 7) is 0. The van der Waals surface area contributed by atoms with E-state index in [2.05, 4.69) is 25.9 Å². The fraction of sp³-hybridized carbons (Fsp3) is 0.316. The van der Waals surface area contributed by atoms with Crippen LogP contribution < -0.4 is 16.0 Å². The van der Waals surface area contributed by atoms with Crippen LogP contribution in [0.3, 0.4) is 0 Å². The Balaban J connectivity index is 1.44. The van der Waals surface area contributed by atoms with Gasteiger partial charge in [0.15, 0.2) is 11.4 Å². The van der Waals surface area contributed by atoms with Crippen molar-refractivity contribution in [3.63, 3.8) is 0 Å². The van der Waals surface area contributed by atoms with Crippen molar-refractivity contribution in [3.05, 3.63) is 36.1 Å². The molecule has 5 rings (SSSR count). The van der Waals surface area contributed by atoms with E-state index in [1.165, 1.54) is 6.42 Å². The third kappa shape index (κ3) is 2.75. The lowest BCUT2D eigenvalue weighted by atomic mass is 9.93. The predicted octanol–water partition coefficient (Wildman–Crippen LogP) is 3.82.